The molecule has 0 radical (unpaired) electrons. The molecule has 0 aliphatic carbocycles. The third kappa shape index (κ3) is 3.31. The van der Waals surface area contributed by atoms with Crippen LogP contribution in [0, 0.1) is 5.82 Å². The molecule has 0 aliphatic heterocycles. The molecule has 2 aromatic carbocycles. The van der Waals surface area contributed by atoms with Crippen molar-refractivity contribution in [3.05, 3.63) is 54.6 Å². The SMILES string of the molecule is Fc1ccc(-c2ncn[nH]2)cc1-c1ccccc1OC(F)(F)F. The number of alkyl halides is 3. The zero-order chi connectivity index (χ0) is 16.4. The summed E-state index contributed by atoms with van der Waals surface area (Å²) in [6, 6.07) is 9.34. The first-order valence-electron chi connectivity index (χ1n) is 6.44. The minimum atomic E-state index is -4.87. The molecule has 0 saturated carbocycles. The van der Waals surface area contributed by atoms with Gasteiger partial charge < -0.3 is 4.74 Å². The van der Waals surface area contributed by atoms with Crippen molar-refractivity contribution >= 4 is 0 Å². The number of nitrogens with one attached hydrogen (secondary N) is 1. The molecule has 0 fully saturated rings. The van der Waals surface area contributed by atoms with E-state index in [0.29, 0.717) is 11.4 Å². The lowest BCUT2D eigenvalue weighted by Crippen LogP contribution is -2.17. The maximum Gasteiger partial charge on any atom is 0.573 e. The van der Waals surface area contributed by atoms with Crippen LogP contribution in [0.5, 0.6) is 5.75 Å². The van der Waals surface area contributed by atoms with Gasteiger partial charge in [-0.2, -0.15) is 5.10 Å². The van der Waals surface area contributed by atoms with Crippen molar-refractivity contribution in [2.75, 3.05) is 0 Å². The number of rotatable bonds is 3. The van der Waals surface area contributed by atoms with E-state index in [1.54, 1.807) is 0 Å². The molecule has 3 aromatic rings. The fourth-order valence-electron chi connectivity index (χ4n) is 2.13. The molecule has 0 spiro atoms. The minimum Gasteiger partial charge on any atom is -0.405 e. The molecule has 23 heavy (non-hydrogen) atoms. The summed E-state index contributed by atoms with van der Waals surface area (Å²) >= 11 is 0. The Bertz CT molecular complexity index is 816. The van der Waals surface area contributed by atoms with Crippen LogP contribution in [0.3, 0.4) is 0 Å². The minimum absolute atomic E-state index is 0.0105. The predicted molar refractivity (Wildman–Crippen MR) is 73.9 cm³/mol. The zero-order valence-corrected chi connectivity index (χ0v) is 11.4. The lowest BCUT2D eigenvalue weighted by molar-refractivity contribution is -0.274. The largest absolute Gasteiger partial charge is 0.573 e. The van der Waals surface area contributed by atoms with E-state index in [4.69, 9.17) is 0 Å². The number of aromatic amines is 1. The molecular formula is C15H9F4N3O. The molecule has 0 bridgehead atoms. The highest BCUT2D eigenvalue weighted by atomic mass is 19.4. The average molecular weight is 323 g/mol. The molecule has 0 amide bonds. The number of H-pyrrole nitrogens is 1. The summed E-state index contributed by atoms with van der Waals surface area (Å²) in [5.41, 5.74) is 0.447. The van der Waals surface area contributed by atoms with Gasteiger partial charge in [0.25, 0.3) is 0 Å². The van der Waals surface area contributed by atoms with Crippen LogP contribution in [0.4, 0.5) is 17.6 Å². The van der Waals surface area contributed by atoms with Crippen LogP contribution in [0.25, 0.3) is 22.5 Å². The highest BCUT2D eigenvalue weighted by molar-refractivity contribution is 5.75. The second-order valence-corrected chi connectivity index (χ2v) is 4.57. The Labute approximate surface area is 127 Å². The molecule has 4 nitrogen and oxygen atoms in total. The maximum absolute atomic E-state index is 14.1. The number of hydrogen-bond acceptors (Lipinski definition) is 3. The number of hydrogen-bond donors (Lipinski definition) is 1. The summed E-state index contributed by atoms with van der Waals surface area (Å²) in [6.07, 6.45) is -3.59. The molecule has 0 atom stereocenters. The van der Waals surface area contributed by atoms with Gasteiger partial charge in [-0.1, -0.05) is 18.2 Å². The standard InChI is InChI=1S/C15H9F4N3O/c16-12-6-5-9(14-20-8-21-22-14)7-11(12)10-3-1-2-4-13(10)23-15(17,18)19/h1-8H,(H,20,21,22). The fraction of sp³-hybridized carbons (Fsp3) is 0.0667. The van der Waals surface area contributed by atoms with Gasteiger partial charge in [0.1, 0.15) is 17.9 Å². The van der Waals surface area contributed by atoms with Gasteiger partial charge in [0.05, 0.1) is 0 Å². The van der Waals surface area contributed by atoms with E-state index in [0.717, 1.165) is 12.1 Å². The summed E-state index contributed by atoms with van der Waals surface area (Å²) in [7, 11) is 0. The molecule has 0 unspecified atom stereocenters. The van der Waals surface area contributed by atoms with E-state index < -0.39 is 17.9 Å². The Balaban J connectivity index is 2.10. The number of aromatic nitrogens is 3. The van der Waals surface area contributed by atoms with E-state index >= 15 is 0 Å². The molecular weight excluding hydrogens is 314 g/mol. The first-order chi connectivity index (χ1) is 10.9. The van der Waals surface area contributed by atoms with Crippen LogP contribution in [0.2, 0.25) is 0 Å². The third-order valence-electron chi connectivity index (χ3n) is 3.06. The molecule has 1 heterocycles. The lowest BCUT2D eigenvalue weighted by atomic mass is 10.0. The van der Waals surface area contributed by atoms with Gasteiger partial charge in [-0.05, 0) is 24.3 Å². The molecule has 0 aliphatic rings. The average Bonchev–Trinajstić information content (AvgIpc) is 3.01. The van der Waals surface area contributed by atoms with E-state index in [9.17, 15) is 17.6 Å². The van der Waals surface area contributed by atoms with E-state index in [-0.39, 0.29) is 11.1 Å². The summed E-state index contributed by atoms with van der Waals surface area (Å²) in [5.74, 6) is -0.777. The highest BCUT2D eigenvalue weighted by Gasteiger charge is 2.32. The quantitative estimate of drug-likeness (QED) is 0.736. The van der Waals surface area contributed by atoms with E-state index in [1.807, 2.05) is 0 Å². The van der Waals surface area contributed by atoms with Crippen molar-refractivity contribution in [3.8, 4) is 28.3 Å². The van der Waals surface area contributed by atoms with Crippen molar-refractivity contribution in [2.45, 2.75) is 6.36 Å². The Morgan fingerprint density at radius 1 is 1.00 bits per heavy atom. The highest BCUT2D eigenvalue weighted by Crippen LogP contribution is 2.36. The molecule has 1 aromatic heterocycles. The fourth-order valence-corrected chi connectivity index (χ4v) is 2.13. The monoisotopic (exact) mass is 323 g/mol. The Hall–Kier alpha value is -2.90. The lowest BCUT2D eigenvalue weighted by Gasteiger charge is -2.14. The van der Waals surface area contributed by atoms with Crippen LogP contribution in [-0.4, -0.2) is 21.5 Å². The third-order valence-corrected chi connectivity index (χ3v) is 3.06. The Morgan fingerprint density at radius 3 is 2.48 bits per heavy atom. The first kappa shape index (κ1) is 15.0. The zero-order valence-electron chi connectivity index (χ0n) is 11.4. The van der Waals surface area contributed by atoms with E-state index in [1.165, 1.54) is 36.7 Å². The van der Waals surface area contributed by atoms with Crippen molar-refractivity contribution in [3.63, 3.8) is 0 Å². The normalized spacial score (nSPS) is 11.5. The van der Waals surface area contributed by atoms with Gasteiger partial charge in [-0.15, -0.1) is 13.2 Å². The number of ether oxygens (including phenoxy) is 1. The van der Waals surface area contributed by atoms with Crippen molar-refractivity contribution in [2.24, 2.45) is 0 Å². The summed E-state index contributed by atoms with van der Waals surface area (Å²) in [5, 5.41) is 6.30. The van der Waals surface area contributed by atoms with Crippen molar-refractivity contribution in [1.29, 1.82) is 0 Å². The second kappa shape index (κ2) is 5.71. The van der Waals surface area contributed by atoms with Crippen molar-refractivity contribution in [1.82, 2.24) is 15.2 Å². The molecule has 118 valence electrons. The smallest absolute Gasteiger partial charge is 0.405 e. The van der Waals surface area contributed by atoms with Gasteiger partial charge in [-0.3, -0.25) is 5.10 Å². The molecule has 0 saturated heterocycles. The van der Waals surface area contributed by atoms with Gasteiger partial charge in [0, 0.05) is 16.7 Å². The Kier molecular flexibility index (Phi) is 3.73. The molecule has 1 N–H and O–H groups in total. The van der Waals surface area contributed by atoms with Crippen LogP contribution in [0.1, 0.15) is 0 Å². The van der Waals surface area contributed by atoms with Gasteiger partial charge >= 0.3 is 6.36 Å². The summed E-state index contributed by atoms with van der Waals surface area (Å²) in [4.78, 5) is 3.93. The van der Waals surface area contributed by atoms with Crippen LogP contribution < -0.4 is 4.74 Å². The maximum atomic E-state index is 14.1. The number of benzene rings is 2. The predicted octanol–water partition coefficient (Wildman–Crippen LogP) is 4.18. The first-order valence-corrected chi connectivity index (χ1v) is 6.44. The Morgan fingerprint density at radius 2 is 1.78 bits per heavy atom. The molecule has 3 rings (SSSR count). The van der Waals surface area contributed by atoms with Crippen LogP contribution in [-0.2, 0) is 0 Å². The summed E-state index contributed by atoms with van der Waals surface area (Å²) in [6.45, 7) is 0. The molecule has 8 heteroatoms. The van der Waals surface area contributed by atoms with E-state index in [2.05, 4.69) is 19.9 Å². The van der Waals surface area contributed by atoms with Gasteiger partial charge in [-0.25, -0.2) is 9.37 Å². The van der Waals surface area contributed by atoms with Crippen LogP contribution in [0.15, 0.2) is 48.8 Å². The number of halogens is 4. The van der Waals surface area contributed by atoms with Gasteiger partial charge in [0.2, 0.25) is 0 Å². The van der Waals surface area contributed by atoms with Crippen LogP contribution >= 0.6 is 0 Å². The van der Waals surface area contributed by atoms with Crippen molar-refractivity contribution < 1.29 is 22.3 Å². The number of nitrogens with zero attached hydrogens (tertiary/aromatic N) is 2. The summed E-state index contributed by atoms with van der Waals surface area (Å²) < 4.78 is 55.6. The topological polar surface area (TPSA) is 50.8 Å². The number of para-hydroxylation sites is 1. The second-order valence-electron chi connectivity index (χ2n) is 4.57. The van der Waals surface area contributed by atoms with Gasteiger partial charge in [0.15, 0.2) is 5.82 Å².